The SMILES string of the molecule is CNC(=O)c1ccc2c(c1)CC(NC[C@H](O)COc1ccccc1)CCC2.Cl. The maximum absolute atomic E-state index is 11.9. The lowest BCUT2D eigenvalue weighted by Gasteiger charge is -2.20. The van der Waals surface area contributed by atoms with E-state index in [-0.39, 0.29) is 31.0 Å². The van der Waals surface area contributed by atoms with Crippen LogP contribution in [0.1, 0.15) is 34.3 Å². The summed E-state index contributed by atoms with van der Waals surface area (Å²) in [6.07, 6.45) is 3.48. The summed E-state index contributed by atoms with van der Waals surface area (Å²) in [5.41, 5.74) is 3.24. The maximum Gasteiger partial charge on any atom is 0.251 e. The van der Waals surface area contributed by atoms with Crippen molar-refractivity contribution in [1.82, 2.24) is 10.6 Å². The number of aliphatic hydroxyl groups excluding tert-OH is 1. The van der Waals surface area contributed by atoms with Gasteiger partial charge in [-0.25, -0.2) is 0 Å². The van der Waals surface area contributed by atoms with Gasteiger partial charge in [-0.1, -0.05) is 24.3 Å². The quantitative estimate of drug-likeness (QED) is 0.620. The maximum atomic E-state index is 11.9. The van der Waals surface area contributed by atoms with Crippen LogP contribution in [0.3, 0.4) is 0 Å². The van der Waals surface area contributed by atoms with Gasteiger partial charge in [0.2, 0.25) is 0 Å². The van der Waals surface area contributed by atoms with E-state index in [2.05, 4.69) is 16.7 Å². The third kappa shape index (κ3) is 6.23. The Morgan fingerprint density at radius 1 is 1.21 bits per heavy atom. The largest absolute Gasteiger partial charge is 0.491 e. The van der Waals surface area contributed by atoms with E-state index in [1.54, 1.807) is 7.05 Å². The Balaban J connectivity index is 0.00000280. The molecule has 5 nitrogen and oxygen atoms in total. The Hall–Kier alpha value is -2.08. The number of hydrogen-bond donors (Lipinski definition) is 3. The van der Waals surface area contributed by atoms with Crippen LogP contribution in [0.5, 0.6) is 5.75 Å². The number of halogens is 1. The molecular weight excluding hydrogens is 376 g/mol. The van der Waals surface area contributed by atoms with E-state index >= 15 is 0 Å². The zero-order valence-corrected chi connectivity index (χ0v) is 17.0. The molecule has 0 spiro atoms. The molecule has 0 bridgehead atoms. The molecule has 0 aromatic heterocycles. The Labute approximate surface area is 172 Å². The molecule has 3 rings (SSSR count). The zero-order chi connectivity index (χ0) is 19.1. The molecule has 152 valence electrons. The average molecular weight is 405 g/mol. The predicted molar refractivity (Wildman–Crippen MR) is 113 cm³/mol. The number of amides is 1. The van der Waals surface area contributed by atoms with E-state index in [1.807, 2.05) is 42.5 Å². The third-order valence-corrected chi connectivity index (χ3v) is 4.99. The molecule has 0 heterocycles. The number of nitrogens with one attached hydrogen (secondary N) is 2. The highest BCUT2D eigenvalue weighted by Gasteiger charge is 2.19. The minimum Gasteiger partial charge on any atom is -0.491 e. The molecule has 6 heteroatoms. The Morgan fingerprint density at radius 3 is 2.75 bits per heavy atom. The standard InChI is InChI=1S/C22H28N2O3.ClH/c1-23-22(26)17-11-10-16-6-5-7-19(13-18(16)12-17)24-14-20(25)15-27-21-8-3-2-4-9-21;/h2-4,8-12,19-20,24-25H,5-7,13-15H2,1H3,(H,23,26);1H/t19?,20-;/m0./s1. The van der Waals surface area contributed by atoms with Gasteiger partial charge in [0.15, 0.2) is 0 Å². The Bertz CT molecular complexity index is 755. The Morgan fingerprint density at radius 2 is 2.00 bits per heavy atom. The van der Waals surface area contributed by atoms with Crippen LogP contribution in [0, 0.1) is 0 Å². The summed E-state index contributed by atoms with van der Waals surface area (Å²) in [4.78, 5) is 11.9. The molecule has 0 radical (unpaired) electrons. The van der Waals surface area contributed by atoms with Crippen LogP contribution in [0.4, 0.5) is 0 Å². The number of fused-ring (bicyclic) bond motifs is 1. The lowest BCUT2D eigenvalue weighted by molar-refractivity contribution is 0.0963. The fourth-order valence-electron chi connectivity index (χ4n) is 3.50. The molecule has 0 aliphatic heterocycles. The molecule has 2 aromatic carbocycles. The van der Waals surface area contributed by atoms with E-state index < -0.39 is 6.10 Å². The molecule has 3 N–H and O–H groups in total. The fraction of sp³-hybridized carbons (Fsp3) is 0.409. The number of aryl methyl sites for hydroxylation is 1. The molecule has 1 aliphatic rings. The van der Waals surface area contributed by atoms with E-state index in [9.17, 15) is 9.90 Å². The van der Waals surface area contributed by atoms with Crippen molar-refractivity contribution in [1.29, 1.82) is 0 Å². The molecule has 1 unspecified atom stereocenters. The van der Waals surface area contributed by atoms with Crippen LogP contribution in [0.2, 0.25) is 0 Å². The average Bonchev–Trinajstić information content (AvgIpc) is 2.92. The fourth-order valence-corrected chi connectivity index (χ4v) is 3.50. The van der Waals surface area contributed by atoms with E-state index in [0.717, 1.165) is 31.4 Å². The number of benzene rings is 2. The first-order chi connectivity index (χ1) is 13.2. The summed E-state index contributed by atoms with van der Waals surface area (Å²) >= 11 is 0. The van der Waals surface area contributed by atoms with Crippen molar-refractivity contribution in [2.75, 3.05) is 20.2 Å². The monoisotopic (exact) mass is 404 g/mol. The second kappa shape index (κ2) is 11.1. The van der Waals surface area contributed by atoms with Crippen molar-refractivity contribution in [2.45, 2.75) is 37.8 Å². The number of ether oxygens (including phenoxy) is 1. The third-order valence-electron chi connectivity index (χ3n) is 4.99. The highest BCUT2D eigenvalue weighted by molar-refractivity contribution is 5.94. The summed E-state index contributed by atoms with van der Waals surface area (Å²) in [6, 6.07) is 15.8. The van der Waals surface area contributed by atoms with Gasteiger partial charge >= 0.3 is 0 Å². The minimum absolute atomic E-state index is 0. The highest BCUT2D eigenvalue weighted by atomic mass is 35.5. The number of para-hydroxylation sites is 1. The summed E-state index contributed by atoms with van der Waals surface area (Å²) in [5, 5.41) is 16.4. The molecule has 2 atom stereocenters. The van der Waals surface area contributed by atoms with Crippen molar-refractivity contribution in [3.05, 3.63) is 65.2 Å². The lowest BCUT2D eigenvalue weighted by atomic mass is 9.98. The first-order valence-corrected chi connectivity index (χ1v) is 9.59. The van der Waals surface area contributed by atoms with Crippen LogP contribution >= 0.6 is 12.4 Å². The van der Waals surface area contributed by atoms with Gasteiger partial charge in [-0.2, -0.15) is 0 Å². The van der Waals surface area contributed by atoms with Crippen molar-refractivity contribution >= 4 is 18.3 Å². The van der Waals surface area contributed by atoms with Crippen molar-refractivity contribution in [2.24, 2.45) is 0 Å². The second-order valence-electron chi connectivity index (χ2n) is 7.04. The number of carbonyl (C=O) groups is 1. The molecule has 0 saturated carbocycles. The van der Waals surface area contributed by atoms with Crippen molar-refractivity contribution in [3.63, 3.8) is 0 Å². The summed E-state index contributed by atoms with van der Waals surface area (Å²) in [6.45, 7) is 0.753. The molecule has 1 amide bonds. The second-order valence-corrected chi connectivity index (χ2v) is 7.04. The van der Waals surface area contributed by atoms with Gasteiger partial charge in [-0.05, 0) is 61.1 Å². The van der Waals surface area contributed by atoms with Gasteiger partial charge in [-0.15, -0.1) is 12.4 Å². The molecule has 0 fully saturated rings. The zero-order valence-electron chi connectivity index (χ0n) is 16.2. The van der Waals surface area contributed by atoms with E-state index in [0.29, 0.717) is 12.1 Å². The molecule has 28 heavy (non-hydrogen) atoms. The molecular formula is C22H29ClN2O3. The van der Waals surface area contributed by atoms with Gasteiger partial charge in [-0.3, -0.25) is 4.79 Å². The van der Waals surface area contributed by atoms with Crippen LogP contribution in [0.15, 0.2) is 48.5 Å². The summed E-state index contributed by atoms with van der Waals surface area (Å²) in [5.74, 6) is 0.710. The van der Waals surface area contributed by atoms with E-state index in [4.69, 9.17) is 4.74 Å². The lowest BCUT2D eigenvalue weighted by Crippen LogP contribution is -2.39. The predicted octanol–water partition coefficient (Wildman–Crippen LogP) is 2.74. The van der Waals surface area contributed by atoms with E-state index in [1.165, 1.54) is 11.1 Å². The number of aliphatic hydroxyl groups is 1. The van der Waals surface area contributed by atoms with Crippen molar-refractivity contribution in [3.8, 4) is 5.75 Å². The Kier molecular flexibility index (Phi) is 8.77. The van der Waals surface area contributed by atoms with Crippen LogP contribution < -0.4 is 15.4 Å². The first kappa shape index (κ1) is 22.2. The minimum atomic E-state index is -0.565. The van der Waals surface area contributed by atoms with Gasteiger partial charge < -0.3 is 20.5 Å². The van der Waals surface area contributed by atoms with Crippen molar-refractivity contribution < 1.29 is 14.6 Å². The summed E-state index contributed by atoms with van der Waals surface area (Å²) in [7, 11) is 1.65. The molecule has 0 saturated heterocycles. The van der Waals surface area contributed by atoms with Gasteiger partial charge in [0.25, 0.3) is 5.91 Å². The highest BCUT2D eigenvalue weighted by Crippen LogP contribution is 2.22. The topological polar surface area (TPSA) is 70.6 Å². The van der Waals surface area contributed by atoms with Crippen LogP contribution in [0.25, 0.3) is 0 Å². The molecule has 2 aromatic rings. The first-order valence-electron chi connectivity index (χ1n) is 9.59. The summed E-state index contributed by atoms with van der Waals surface area (Å²) < 4.78 is 5.61. The smallest absolute Gasteiger partial charge is 0.251 e. The van der Waals surface area contributed by atoms with Crippen LogP contribution in [-0.2, 0) is 12.8 Å². The van der Waals surface area contributed by atoms with Crippen LogP contribution in [-0.4, -0.2) is 43.4 Å². The normalized spacial score (nSPS) is 16.9. The van der Waals surface area contributed by atoms with Gasteiger partial charge in [0.05, 0.1) is 0 Å². The van der Waals surface area contributed by atoms with Gasteiger partial charge in [0.1, 0.15) is 18.5 Å². The number of hydrogen-bond acceptors (Lipinski definition) is 4. The molecule has 1 aliphatic carbocycles. The van der Waals surface area contributed by atoms with Gasteiger partial charge in [0, 0.05) is 25.2 Å². The number of carbonyl (C=O) groups excluding carboxylic acids is 1. The number of rotatable bonds is 7.